The molecule has 2 N–H and O–H groups in total. The summed E-state index contributed by atoms with van der Waals surface area (Å²) in [5.41, 5.74) is 0.662. The quantitative estimate of drug-likeness (QED) is 0.113. The summed E-state index contributed by atoms with van der Waals surface area (Å²) in [6.45, 7) is -0.417. The smallest absolute Gasteiger partial charge is 0.387 e. The molecule has 0 saturated heterocycles. The standard InChI is InChI=1S/C29H29F2N5O8S2/c1-3-21(26(37)28-35-22-11-5-7-13-25(22)43-28)34-27(38)23(33-18(2)36-46(41,42)20-10-8-14-32-15-20)17-45(39,40)16-19-9-4-6-12-24(19)44-29(30)31/h4-15,21,23,29H,3,16-17H2,1-2H3,(H,33,36)(H,34,38)/t21-,23-/m0/s1. The zero-order valence-electron chi connectivity index (χ0n) is 24.5. The number of rotatable bonds is 14. The number of benzene rings is 2. The topological polar surface area (TPSA) is 187 Å². The van der Waals surface area contributed by atoms with Gasteiger partial charge in [0.25, 0.3) is 15.9 Å². The van der Waals surface area contributed by atoms with E-state index in [-0.39, 0.29) is 34.4 Å². The molecule has 1 amide bonds. The lowest BCUT2D eigenvalue weighted by Gasteiger charge is -2.22. The number of amidine groups is 1. The molecule has 4 aromatic rings. The molecule has 2 heterocycles. The van der Waals surface area contributed by atoms with Crippen molar-refractivity contribution in [2.75, 3.05) is 5.75 Å². The number of sulfonamides is 1. The van der Waals surface area contributed by atoms with Crippen molar-refractivity contribution < 1.29 is 44.4 Å². The Morgan fingerprint density at radius 1 is 0.978 bits per heavy atom. The second kappa shape index (κ2) is 14.6. The molecule has 0 unspecified atom stereocenters. The third-order valence-corrected chi connectivity index (χ3v) is 9.36. The molecule has 17 heteroatoms. The van der Waals surface area contributed by atoms with Crippen LogP contribution in [0.15, 0.2) is 86.8 Å². The highest BCUT2D eigenvalue weighted by molar-refractivity contribution is 7.90. The molecule has 244 valence electrons. The number of alkyl halides is 2. The molecule has 2 aromatic carbocycles. The normalized spacial score (nSPS) is 13.7. The first kappa shape index (κ1) is 34.1. The SMILES string of the molecule is CC[C@H](NC(=O)[C@H](CS(=O)(=O)Cc1ccccc1OC(F)F)N/C(C)=N/S(=O)(=O)c1cccnc1)C(=O)c1nc2ccccc2o1. The molecule has 0 saturated carbocycles. The number of amides is 1. The number of hydrogen-bond donors (Lipinski definition) is 2. The van der Waals surface area contributed by atoms with Gasteiger partial charge in [-0.3, -0.25) is 14.6 Å². The van der Waals surface area contributed by atoms with Gasteiger partial charge in [0.05, 0.1) is 17.5 Å². The minimum Gasteiger partial charge on any atom is -0.435 e. The molecular formula is C29H29F2N5O8S2. The van der Waals surface area contributed by atoms with Crippen LogP contribution in [0.3, 0.4) is 0 Å². The number of ether oxygens (including phenoxy) is 1. The highest BCUT2D eigenvalue weighted by Crippen LogP contribution is 2.23. The van der Waals surface area contributed by atoms with Crippen LogP contribution in [0, 0.1) is 0 Å². The zero-order chi connectivity index (χ0) is 33.5. The fourth-order valence-electron chi connectivity index (χ4n) is 4.33. The van der Waals surface area contributed by atoms with Gasteiger partial charge in [0.2, 0.25) is 11.7 Å². The number of aromatic nitrogens is 2. The predicted octanol–water partition coefficient (Wildman–Crippen LogP) is 3.28. The molecular weight excluding hydrogens is 648 g/mol. The van der Waals surface area contributed by atoms with E-state index in [1.54, 1.807) is 31.2 Å². The number of hydrogen-bond acceptors (Lipinski definition) is 10. The molecule has 46 heavy (non-hydrogen) atoms. The summed E-state index contributed by atoms with van der Waals surface area (Å²) in [5.74, 6) is -4.42. The van der Waals surface area contributed by atoms with Crippen LogP contribution in [0.25, 0.3) is 11.1 Å². The van der Waals surface area contributed by atoms with Crippen molar-refractivity contribution >= 4 is 48.5 Å². The molecule has 2 aromatic heterocycles. The molecule has 4 rings (SSSR count). The maximum Gasteiger partial charge on any atom is 0.387 e. The van der Waals surface area contributed by atoms with E-state index in [4.69, 9.17) is 4.42 Å². The van der Waals surface area contributed by atoms with E-state index < -0.39 is 61.8 Å². The van der Waals surface area contributed by atoms with Crippen LogP contribution in [0.2, 0.25) is 0 Å². The number of Topliss-reactive ketones (excluding diaryl/α,β-unsaturated/α-hetero) is 1. The summed E-state index contributed by atoms with van der Waals surface area (Å²) < 4.78 is 91.6. The van der Waals surface area contributed by atoms with Crippen molar-refractivity contribution in [1.82, 2.24) is 20.6 Å². The third-order valence-electron chi connectivity index (χ3n) is 6.42. The summed E-state index contributed by atoms with van der Waals surface area (Å²) >= 11 is 0. The Labute approximate surface area is 263 Å². The Balaban J connectivity index is 1.61. The minimum absolute atomic E-state index is 0.0591. The summed E-state index contributed by atoms with van der Waals surface area (Å²) in [7, 11) is -8.60. The first-order chi connectivity index (χ1) is 21.8. The number of nitrogens with zero attached hydrogens (tertiary/aromatic N) is 3. The Kier molecular flexibility index (Phi) is 10.8. The van der Waals surface area contributed by atoms with E-state index in [0.717, 1.165) is 6.20 Å². The van der Waals surface area contributed by atoms with Crippen molar-refractivity contribution in [3.05, 3.63) is 84.5 Å². The molecule has 0 radical (unpaired) electrons. The van der Waals surface area contributed by atoms with E-state index in [9.17, 15) is 35.2 Å². The van der Waals surface area contributed by atoms with Crippen LogP contribution in [-0.4, -0.2) is 68.8 Å². The van der Waals surface area contributed by atoms with Gasteiger partial charge in [0.15, 0.2) is 15.4 Å². The monoisotopic (exact) mass is 677 g/mol. The van der Waals surface area contributed by atoms with Gasteiger partial charge in [-0.05, 0) is 43.7 Å². The number of carbonyl (C=O) groups is 2. The number of pyridine rings is 1. The average Bonchev–Trinajstić information content (AvgIpc) is 3.44. The summed E-state index contributed by atoms with van der Waals surface area (Å²) in [4.78, 5) is 34.4. The first-order valence-electron chi connectivity index (χ1n) is 13.7. The number of carbonyl (C=O) groups excluding carboxylic acids is 2. The van der Waals surface area contributed by atoms with E-state index >= 15 is 0 Å². The predicted molar refractivity (Wildman–Crippen MR) is 163 cm³/mol. The number of oxazole rings is 1. The molecule has 0 bridgehead atoms. The van der Waals surface area contributed by atoms with Gasteiger partial charge < -0.3 is 19.8 Å². The lowest BCUT2D eigenvalue weighted by Crippen LogP contribution is -2.53. The van der Waals surface area contributed by atoms with Gasteiger partial charge in [-0.2, -0.15) is 17.2 Å². The van der Waals surface area contributed by atoms with E-state index in [2.05, 4.69) is 29.7 Å². The van der Waals surface area contributed by atoms with Gasteiger partial charge in [-0.15, -0.1) is 4.40 Å². The van der Waals surface area contributed by atoms with E-state index in [1.807, 2.05) is 0 Å². The number of halogens is 2. The molecule has 2 atom stereocenters. The van der Waals surface area contributed by atoms with Crippen molar-refractivity contribution in [3.63, 3.8) is 0 Å². The highest BCUT2D eigenvalue weighted by atomic mass is 32.2. The second-order valence-electron chi connectivity index (χ2n) is 9.90. The number of fused-ring (bicyclic) bond motifs is 1. The summed E-state index contributed by atoms with van der Waals surface area (Å²) in [5, 5.41) is 5.00. The van der Waals surface area contributed by atoms with Crippen molar-refractivity contribution in [2.24, 2.45) is 4.40 Å². The number of sulfone groups is 1. The molecule has 0 aliphatic carbocycles. The Hall–Kier alpha value is -4.77. The lowest BCUT2D eigenvalue weighted by molar-refractivity contribution is -0.122. The number of nitrogens with one attached hydrogen (secondary N) is 2. The third kappa shape index (κ3) is 8.91. The highest BCUT2D eigenvalue weighted by Gasteiger charge is 2.32. The van der Waals surface area contributed by atoms with Crippen LogP contribution in [0.5, 0.6) is 5.75 Å². The molecule has 0 spiro atoms. The van der Waals surface area contributed by atoms with Crippen LogP contribution < -0.4 is 15.4 Å². The molecule has 0 aliphatic rings. The van der Waals surface area contributed by atoms with Crippen LogP contribution in [-0.2, 0) is 30.4 Å². The van der Waals surface area contributed by atoms with Crippen molar-refractivity contribution in [1.29, 1.82) is 0 Å². The fraction of sp³-hybridized carbons (Fsp3) is 0.276. The van der Waals surface area contributed by atoms with Crippen LogP contribution in [0.4, 0.5) is 8.78 Å². The van der Waals surface area contributed by atoms with Crippen molar-refractivity contribution in [2.45, 2.75) is 49.6 Å². The van der Waals surface area contributed by atoms with Gasteiger partial charge in [-0.25, -0.2) is 13.4 Å². The maximum atomic E-state index is 13.6. The van der Waals surface area contributed by atoms with Gasteiger partial charge in [-0.1, -0.05) is 37.3 Å². The molecule has 0 aliphatic heterocycles. The largest absolute Gasteiger partial charge is 0.435 e. The summed E-state index contributed by atoms with van der Waals surface area (Å²) in [6.07, 6.45) is 2.47. The van der Waals surface area contributed by atoms with Gasteiger partial charge >= 0.3 is 6.61 Å². The van der Waals surface area contributed by atoms with E-state index in [0.29, 0.717) is 11.1 Å². The lowest BCUT2D eigenvalue weighted by atomic mass is 10.1. The van der Waals surface area contributed by atoms with Gasteiger partial charge in [0, 0.05) is 18.0 Å². The Morgan fingerprint density at radius 2 is 1.70 bits per heavy atom. The Bertz CT molecular complexity index is 1920. The summed E-state index contributed by atoms with van der Waals surface area (Å²) in [6, 6.07) is 11.6. The molecule has 13 nitrogen and oxygen atoms in total. The first-order valence-corrected chi connectivity index (χ1v) is 17.0. The minimum atomic E-state index is -4.31. The zero-order valence-corrected chi connectivity index (χ0v) is 26.1. The maximum absolute atomic E-state index is 13.6. The van der Waals surface area contributed by atoms with Gasteiger partial charge in [0.1, 0.15) is 28.0 Å². The average molecular weight is 678 g/mol. The fourth-order valence-corrected chi connectivity index (χ4v) is 6.87. The number of ketones is 1. The molecule has 0 fully saturated rings. The Morgan fingerprint density at radius 3 is 2.37 bits per heavy atom. The van der Waals surface area contributed by atoms with E-state index in [1.165, 1.54) is 49.5 Å². The van der Waals surface area contributed by atoms with Crippen LogP contribution >= 0.6 is 0 Å². The second-order valence-corrected chi connectivity index (χ2v) is 13.6. The van der Waals surface area contributed by atoms with Crippen molar-refractivity contribution in [3.8, 4) is 5.75 Å². The van der Waals surface area contributed by atoms with Crippen LogP contribution in [0.1, 0.15) is 36.5 Å². The number of para-hydroxylation sites is 3.